The number of aromatic carboxylic acids is 1. The molecule has 0 radical (unpaired) electrons. The first-order chi connectivity index (χ1) is 8.92. The molecule has 19 heavy (non-hydrogen) atoms. The Morgan fingerprint density at radius 3 is 2.58 bits per heavy atom. The van der Waals surface area contributed by atoms with Gasteiger partial charge in [-0.1, -0.05) is 6.42 Å². The Bertz CT molecular complexity index is 574. The fourth-order valence-electron chi connectivity index (χ4n) is 2.07. The monoisotopic (exact) mass is 288 g/mol. The molecule has 0 amide bonds. The van der Waals surface area contributed by atoms with E-state index in [1.165, 1.54) is 17.5 Å². The van der Waals surface area contributed by atoms with Crippen LogP contribution < -0.4 is 4.72 Å². The molecule has 1 aliphatic heterocycles. The van der Waals surface area contributed by atoms with Crippen molar-refractivity contribution in [1.29, 1.82) is 0 Å². The van der Waals surface area contributed by atoms with Gasteiger partial charge in [-0.3, -0.25) is 9.40 Å². The fraction of sp³-hybridized carbons (Fsp3) is 0.600. The third-order valence-corrected chi connectivity index (χ3v) is 4.56. The zero-order valence-corrected chi connectivity index (χ0v) is 11.4. The molecule has 2 heterocycles. The number of aryl methyl sites for hydroxylation is 1. The van der Waals surface area contributed by atoms with E-state index in [1.54, 1.807) is 0 Å². The first-order valence-electron chi connectivity index (χ1n) is 5.95. The summed E-state index contributed by atoms with van der Waals surface area (Å²) in [7, 11) is -2.27. The van der Waals surface area contributed by atoms with E-state index in [0.717, 1.165) is 23.9 Å². The van der Waals surface area contributed by atoms with Gasteiger partial charge < -0.3 is 5.11 Å². The largest absolute Gasteiger partial charge is 0.476 e. The van der Waals surface area contributed by atoms with Crippen molar-refractivity contribution in [2.75, 3.05) is 17.8 Å². The molecular weight excluding hydrogens is 272 g/mol. The van der Waals surface area contributed by atoms with Gasteiger partial charge in [0.1, 0.15) is 5.69 Å². The Labute approximate surface area is 111 Å². The second-order valence-electron chi connectivity index (χ2n) is 4.40. The lowest BCUT2D eigenvalue weighted by Crippen LogP contribution is -2.39. The molecule has 1 fully saturated rings. The van der Waals surface area contributed by atoms with E-state index in [2.05, 4.69) is 9.82 Å². The lowest BCUT2D eigenvalue weighted by Gasteiger charge is -2.25. The molecule has 0 unspecified atom stereocenters. The van der Waals surface area contributed by atoms with Crippen molar-refractivity contribution in [3.8, 4) is 0 Å². The number of rotatable bonds is 4. The Balaban J connectivity index is 2.23. The van der Waals surface area contributed by atoms with Gasteiger partial charge in [0, 0.05) is 20.1 Å². The average molecular weight is 288 g/mol. The smallest absolute Gasteiger partial charge is 0.356 e. The lowest BCUT2D eigenvalue weighted by atomic mass is 10.2. The molecule has 2 N–H and O–H groups in total. The van der Waals surface area contributed by atoms with E-state index < -0.39 is 16.2 Å². The number of nitrogens with one attached hydrogen (secondary N) is 1. The number of hydrogen-bond acceptors (Lipinski definition) is 4. The molecule has 2 rings (SSSR count). The third kappa shape index (κ3) is 2.87. The van der Waals surface area contributed by atoms with Crippen molar-refractivity contribution in [3.63, 3.8) is 0 Å². The zero-order chi connectivity index (χ0) is 14.0. The van der Waals surface area contributed by atoms with E-state index in [-0.39, 0.29) is 11.4 Å². The van der Waals surface area contributed by atoms with Gasteiger partial charge >= 0.3 is 16.2 Å². The fourth-order valence-corrected chi connectivity index (χ4v) is 3.37. The van der Waals surface area contributed by atoms with Crippen molar-refractivity contribution in [2.45, 2.75) is 19.3 Å². The molecule has 9 heteroatoms. The summed E-state index contributed by atoms with van der Waals surface area (Å²) in [6.07, 6.45) is 3.85. The highest BCUT2D eigenvalue weighted by Crippen LogP contribution is 2.19. The van der Waals surface area contributed by atoms with E-state index in [1.807, 2.05) is 0 Å². The summed E-state index contributed by atoms with van der Waals surface area (Å²) in [5, 5.41) is 12.8. The summed E-state index contributed by atoms with van der Waals surface area (Å²) in [5.74, 6) is -1.23. The Kier molecular flexibility index (Phi) is 3.76. The molecule has 106 valence electrons. The van der Waals surface area contributed by atoms with Crippen LogP contribution in [-0.2, 0) is 17.3 Å². The number of piperidine rings is 1. The minimum absolute atomic E-state index is 0.0134. The van der Waals surface area contributed by atoms with Crippen LogP contribution in [0.4, 0.5) is 5.69 Å². The van der Waals surface area contributed by atoms with E-state index in [4.69, 9.17) is 5.11 Å². The summed E-state index contributed by atoms with van der Waals surface area (Å²) in [6, 6.07) is 0. The molecule has 0 saturated carbocycles. The van der Waals surface area contributed by atoms with Crippen LogP contribution in [-0.4, -0.2) is 46.7 Å². The maximum atomic E-state index is 12.1. The highest BCUT2D eigenvalue weighted by atomic mass is 32.2. The summed E-state index contributed by atoms with van der Waals surface area (Å²) in [6.45, 7) is 0.913. The maximum absolute atomic E-state index is 12.1. The first kappa shape index (κ1) is 13.8. The molecule has 0 aliphatic carbocycles. The minimum Gasteiger partial charge on any atom is -0.476 e. The van der Waals surface area contributed by atoms with Gasteiger partial charge in [-0.2, -0.15) is 17.8 Å². The van der Waals surface area contributed by atoms with Crippen molar-refractivity contribution in [1.82, 2.24) is 14.1 Å². The summed E-state index contributed by atoms with van der Waals surface area (Å²) < 4.78 is 29.0. The van der Waals surface area contributed by atoms with Crippen LogP contribution in [0.1, 0.15) is 29.8 Å². The van der Waals surface area contributed by atoms with Crippen LogP contribution in [0, 0.1) is 0 Å². The second-order valence-corrected chi connectivity index (χ2v) is 6.07. The van der Waals surface area contributed by atoms with Gasteiger partial charge in [0.2, 0.25) is 0 Å². The molecule has 1 aliphatic rings. The lowest BCUT2D eigenvalue weighted by molar-refractivity contribution is 0.0686. The Morgan fingerprint density at radius 2 is 2.00 bits per heavy atom. The second kappa shape index (κ2) is 5.17. The van der Waals surface area contributed by atoms with Crippen molar-refractivity contribution < 1.29 is 18.3 Å². The van der Waals surface area contributed by atoms with Gasteiger partial charge in [0.05, 0.1) is 6.20 Å². The number of carboxylic acid groups (broad SMARTS) is 1. The standard InChI is InChI=1S/C10H16N4O4S/c1-13-9(10(15)16)8(7-11-13)12-19(17,18)14-5-3-2-4-6-14/h7,12H,2-6H2,1H3,(H,15,16). The molecule has 0 atom stereocenters. The summed E-state index contributed by atoms with van der Waals surface area (Å²) in [4.78, 5) is 11.1. The van der Waals surface area contributed by atoms with Crippen LogP contribution in [0.15, 0.2) is 6.20 Å². The number of nitrogens with zero attached hydrogens (tertiary/aromatic N) is 3. The first-order valence-corrected chi connectivity index (χ1v) is 7.39. The van der Waals surface area contributed by atoms with Crippen molar-refractivity contribution in [3.05, 3.63) is 11.9 Å². The van der Waals surface area contributed by atoms with Gasteiger partial charge in [-0.15, -0.1) is 0 Å². The average Bonchev–Trinajstić information content (AvgIpc) is 2.71. The molecule has 8 nitrogen and oxygen atoms in total. The normalized spacial score (nSPS) is 17.3. The van der Waals surface area contributed by atoms with Crippen molar-refractivity contribution >= 4 is 21.9 Å². The van der Waals surface area contributed by atoms with Gasteiger partial charge in [0.15, 0.2) is 5.69 Å². The maximum Gasteiger partial charge on any atom is 0.356 e. The predicted octanol–water partition coefficient (Wildman–Crippen LogP) is 0.261. The van der Waals surface area contributed by atoms with E-state index >= 15 is 0 Å². The highest BCUT2D eigenvalue weighted by Gasteiger charge is 2.26. The van der Waals surface area contributed by atoms with Crippen LogP contribution in [0.3, 0.4) is 0 Å². The number of carbonyl (C=O) groups is 1. The zero-order valence-electron chi connectivity index (χ0n) is 10.5. The van der Waals surface area contributed by atoms with Gasteiger partial charge in [0.25, 0.3) is 0 Å². The number of anilines is 1. The molecule has 0 spiro atoms. The van der Waals surface area contributed by atoms with Crippen LogP contribution >= 0.6 is 0 Å². The quantitative estimate of drug-likeness (QED) is 0.827. The van der Waals surface area contributed by atoms with Gasteiger partial charge in [-0.05, 0) is 12.8 Å². The molecule has 0 aromatic carbocycles. The number of hydrogen-bond donors (Lipinski definition) is 2. The van der Waals surface area contributed by atoms with Crippen LogP contribution in [0.5, 0.6) is 0 Å². The summed E-state index contributed by atoms with van der Waals surface area (Å²) >= 11 is 0. The topological polar surface area (TPSA) is 105 Å². The van der Waals surface area contributed by atoms with Crippen LogP contribution in [0.2, 0.25) is 0 Å². The SMILES string of the molecule is Cn1ncc(NS(=O)(=O)N2CCCCC2)c1C(=O)O. The van der Waals surface area contributed by atoms with E-state index in [9.17, 15) is 13.2 Å². The molecule has 1 saturated heterocycles. The summed E-state index contributed by atoms with van der Waals surface area (Å²) in [5.41, 5.74) is -0.193. The number of aromatic nitrogens is 2. The molecule has 1 aromatic heterocycles. The molecular formula is C10H16N4O4S. The molecule has 0 bridgehead atoms. The minimum atomic E-state index is -3.71. The Hall–Kier alpha value is -1.61. The predicted molar refractivity (Wildman–Crippen MR) is 68.1 cm³/mol. The third-order valence-electron chi connectivity index (χ3n) is 3.04. The van der Waals surface area contributed by atoms with Crippen LogP contribution in [0.25, 0.3) is 0 Å². The Morgan fingerprint density at radius 1 is 1.37 bits per heavy atom. The van der Waals surface area contributed by atoms with Gasteiger partial charge in [-0.25, -0.2) is 4.79 Å². The highest BCUT2D eigenvalue weighted by molar-refractivity contribution is 7.90. The molecule has 1 aromatic rings. The number of carboxylic acids is 1. The van der Waals surface area contributed by atoms with Crippen molar-refractivity contribution in [2.24, 2.45) is 7.05 Å². The van der Waals surface area contributed by atoms with E-state index in [0.29, 0.717) is 13.1 Å².